The number of ether oxygens (including phenoxy) is 2. The van der Waals surface area contributed by atoms with E-state index in [0.717, 1.165) is 18.9 Å². The van der Waals surface area contributed by atoms with Crippen LogP contribution in [0.5, 0.6) is 5.75 Å². The van der Waals surface area contributed by atoms with Gasteiger partial charge in [0.15, 0.2) is 5.82 Å². The summed E-state index contributed by atoms with van der Waals surface area (Å²) >= 11 is 6.05. The summed E-state index contributed by atoms with van der Waals surface area (Å²) in [6, 6.07) is 6.99. The standard InChI is InChI=1S/C20H27ClN8O2/c1-20(2,3)18(29-17(24-25-26-29)12-27-8-10-30-11-9-27)19(28-14-22-13-23-28)31-16-6-4-15(21)5-7-16/h4-7,13-14,18-19H,8-12H2,1-3H3/t18-,19-/m1/s1. The Hall–Kier alpha value is -2.56. The quantitative estimate of drug-likeness (QED) is 0.546. The molecule has 1 aromatic carbocycles. The Bertz CT molecular complexity index is 948. The van der Waals surface area contributed by atoms with E-state index < -0.39 is 6.23 Å². The van der Waals surface area contributed by atoms with Crippen molar-refractivity contribution in [3.05, 3.63) is 47.8 Å². The largest absolute Gasteiger partial charge is 0.466 e. The average Bonchev–Trinajstić information content (AvgIpc) is 3.42. The summed E-state index contributed by atoms with van der Waals surface area (Å²) in [7, 11) is 0. The van der Waals surface area contributed by atoms with Crippen LogP contribution in [0, 0.1) is 5.41 Å². The van der Waals surface area contributed by atoms with Gasteiger partial charge in [-0.3, -0.25) is 4.90 Å². The molecule has 0 radical (unpaired) electrons. The van der Waals surface area contributed by atoms with Gasteiger partial charge in [-0.1, -0.05) is 32.4 Å². The van der Waals surface area contributed by atoms with Crippen molar-refractivity contribution in [1.29, 1.82) is 0 Å². The van der Waals surface area contributed by atoms with Crippen LogP contribution in [0.25, 0.3) is 0 Å². The average molecular weight is 447 g/mol. The third-order valence-corrected chi connectivity index (χ3v) is 5.47. The van der Waals surface area contributed by atoms with Gasteiger partial charge in [-0.15, -0.1) is 5.10 Å². The molecule has 1 fully saturated rings. The molecule has 0 aliphatic carbocycles. The fraction of sp³-hybridized carbons (Fsp3) is 0.550. The number of hydrogen-bond acceptors (Lipinski definition) is 8. The highest BCUT2D eigenvalue weighted by molar-refractivity contribution is 6.30. The lowest BCUT2D eigenvalue weighted by atomic mass is 9.85. The molecule has 0 saturated carbocycles. The highest BCUT2D eigenvalue weighted by Gasteiger charge is 2.40. The van der Waals surface area contributed by atoms with Crippen molar-refractivity contribution in [2.24, 2.45) is 5.41 Å². The van der Waals surface area contributed by atoms with Crippen LogP contribution in [0.3, 0.4) is 0 Å². The number of benzene rings is 1. The molecule has 2 atom stereocenters. The second-order valence-corrected chi connectivity index (χ2v) is 9.01. The number of hydrogen-bond donors (Lipinski definition) is 0. The molecule has 1 aliphatic rings. The van der Waals surface area contributed by atoms with Gasteiger partial charge < -0.3 is 9.47 Å². The van der Waals surface area contributed by atoms with Crippen molar-refractivity contribution in [3.63, 3.8) is 0 Å². The van der Waals surface area contributed by atoms with E-state index >= 15 is 0 Å². The predicted octanol–water partition coefficient (Wildman–Crippen LogP) is 2.62. The van der Waals surface area contributed by atoms with Crippen molar-refractivity contribution < 1.29 is 9.47 Å². The Morgan fingerprint density at radius 2 is 1.90 bits per heavy atom. The molecule has 0 unspecified atom stereocenters. The topological polar surface area (TPSA) is 96.0 Å². The van der Waals surface area contributed by atoms with Crippen LogP contribution < -0.4 is 4.74 Å². The summed E-state index contributed by atoms with van der Waals surface area (Å²) < 4.78 is 15.4. The Balaban J connectivity index is 1.69. The van der Waals surface area contributed by atoms with Gasteiger partial charge in [0, 0.05) is 18.1 Å². The van der Waals surface area contributed by atoms with Gasteiger partial charge in [0.2, 0.25) is 6.23 Å². The molecule has 3 aromatic rings. The lowest BCUT2D eigenvalue weighted by Crippen LogP contribution is -2.40. The predicted molar refractivity (Wildman–Crippen MR) is 114 cm³/mol. The summed E-state index contributed by atoms with van der Waals surface area (Å²) in [5.74, 6) is 1.44. The van der Waals surface area contributed by atoms with E-state index in [1.54, 1.807) is 23.1 Å². The van der Waals surface area contributed by atoms with E-state index in [2.05, 4.69) is 51.3 Å². The van der Waals surface area contributed by atoms with Gasteiger partial charge in [0.05, 0.1) is 19.8 Å². The monoisotopic (exact) mass is 446 g/mol. The first-order valence-electron chi connectivity index (χ1n) is 10.2. The van der Waals surface area contributed by atoms with Crippen LogP contribution in [0.2, 0.25) is 5.02 Å². The first-order chi connectivity index (χ1) is 14.9. The first-order valence-corrected chi connectivity index (χ1v) is 10.6. The van der Waals surface area contributed by atoms with Gasteiger partial charge >= 0.3 is 0 Å². The second kappa shape index (κ2) is 9.29. The lowest BCUT2D eigenvalue weighted by Gasteiger charge is -2.37. The number of rotatable bonds is 7. The van der Waals surface area contributed by atoms with Crippen LogP contribution in [0.4, 0.5) is 0 Å². The Labute approximate surface area is 186 Å². The van der Waals surface area contributed by atoms with Crippen LogP contribution in [-0.4, -0.2) is 66.2 Å². The molecule has 0 bridgehead atoms. The summed E-state index contributed by atoms with van der Waals surface area (Å²) in [6.07, 6.45) is 2.60. The van der Waals surface area contributed by atoms with Gasteiger partial charge in [-0.25, -0.2) is 14.3 Å². The highest BCUT2D eigenvalue weighted by atomic mass is 35.5. The molecule has 11 heteroatoms. The van der Waals surface area contributed by atoms with Crippen LogP contribution >= 0.6 is 11.6 Å². The van der Waals surface area contributed by atoms with E-state index in [9.17, 15) is 0 Å². The van der Waals surface area contributed by atoms with E-state index in [4.69, 9.17) is 21.1 Å². The fourth-order valence-corrected chi connectivity index (χ4v) is 3.80. The summed E-state index contributed by atoms with van der Waals surface area (Å²) in [4.78, 5) is 6.42. The normalized spacial score (nSPS) is 17.4. The summed E-state index contributed by atoms with van der Waals surface area (Å²) in [5.41, 5.74) is -0.266. The van der Waals surface area contributed by atoms with Crippen LogP contribution in [0.1, 0.15) is 38.9 Å². The molecule has 1 aliphatic heterocycles. The molecule has 1 saturated heterocycles. The molecule has 10 nitrogen and oxygen atoms in total. The minimum Gasteiger partial charge on any atom is -0.466 e. The van der Waals surface area contributed by atoms with Crippen molar-refractivity contribution in [3.8, 4) is 5.75 Å². The maximum Gasteiger partial charge on any atom is 0.215 e. The number of aromatic nitrogens is 7. The lowest BCUT2D eigenvalue weighted by molar-refractivity contribution is -0.00390. The third-order valence-electron chi connectivity index (χ3n) is 5.22. The third kappa shape index (κ3) is 5.20. The minimum atomic E-state index is -0.532. The minimum absolute atomic E-state index is 0.266. The molecule has 3 heterocycles. The van der Waals surface area contributed by atoms with Crippen LogP contribution in [-0.2, 0) is 11.3 Å². The Kier molecular flexibility index (Phi) is 6.49. The Morgan fingerprint density at radius 1 is 1.16 bits per heavy atom. The zero-order valence-corrected chi connectivity index (χ0v) is 18.7. The van der Waals surface area contributed by atoms with Gasteiger partial charge in [0.1, 0.15) is 24.4 Å². The highest BCUT2D eigenvalue weighted by Crippen LogP contribution is 2.40. The van der Waals surface area contributed by atoms with Gasteiger partial charge in [-0.2, -0.15) is 5.10 Å². The van der Waals surface area contributed by atoms with Gasteiger partial charge in [-0.05, 0) is 40.1 Å². The molecule has 0 amide bonds. The smallest absolute Gasteiger partial charge is 0.215 e. The molecule has 0 spiro atoms. The van der Waals surface area contributed by atoms with Crippen LogP contribution in [0.15, 0.2) is 36.9 Å². The van der Waals surface area contributed by atoms with Crippen molar-refractivity contribution in [1.82, 2.24) is 39.9 Å². The molecule has 31 heavy (non-hydrogen) atoms. The van der Waals surface area contributed by atoms with Crippen molar-refractivity contribution >= 4 is 11.6 Å². The maximum absolute atomic E-state index is 6.42. The van der Waals surface area contributed by atoms with Crippen molar-refractivity contribution in [2.75, 3.05) is 26.3 Å². The number of nitrogens with zero attached hydrogens (tertiary/aromatic N) is 8. The zero-order valence-electron chi connectivity index (χ0n) is 17.9. The van der Waals surface area contributed by atoms with Gasteiger partial charge in [0.25, 0.3) is 0 Å². The molecular weight excluding hydrogens is 420 g/mol. The maximum atomic E-state index is 6.42. The molecule has 4 rings (SSSR count). The van der Waals surface area contributed by atoms with E-state index in [0.29, 0.717) is 30.5 Å². The fourth-order valence-electron chi connectivity index (χ4n) is 3.67. The number of halogens is 1. The number of morpholine rings is 1. The summed E-state index contributed by atoms with van der Waals surface area (Å²) in [5, 5.41) is 17.7. The van der Waals surface area contributed by atoms with Crippen molar-refractivity contribution in [2.45, 2.75) is 39.6 Å². The SMILES string of the molecule is CC(C)(C)[C@@H]([C@@H](Oc1ccc(Cl)cc1)n1cncn1)n1nnnc1CN1CCOCC1. The molecule has 0 N–H and O–H groups in total. The summed E-state index contributed by atoms with van der Waals surface area (Å²) in [6.45, 7) is 10.2. The molecule has 2 aromatic heterocycles. The van der Waals surface area contributed by atoms with E-state index in [-0.39, 0.29) is 11.5 Å². The zero-order chi connectivity index (χ0) is 21.8. The number of tetrazole rings is 1. The first kappa shape index (κ1) is 21.7. The molecule has 166 valence electrons. The second-order valence-electron chi connectivity index (χ2n) is 8.58. The van der Waals surface area contributed by atoms with E-state index in [1.165, 1.54) is 6.33 Å². The molecular formula is C20H27ClN8O2. The van der Waals surface area contributed by atoms with E-state index in [1.807, 2.05) is 16.8 Å². The Morgan fingerprint density at radius 3 is 2.55 bits per heavy atom.